The van der Waals surface area contributed by atoms with Crippen LogP contribution in [-0.4, -0.2) is 25.8 Å². The molecule has 0 aliphatic carbocycles. The molecule has 19 heavy (non-hydrogen) atoms. The van der Waals surface area contributed by atoms with Crippen molar-refractivity contribution < 1.29 is 8.42 Å². The maximum Gasteiger partial charge on any atom is 0.301 e. The molecule has 0 amide bonds. The van der Waals surface area contributed by atoms with E-state index in [-0.39, 0.29) is 0 Å². The van der Waals surface area contributed by atoms with Crippen LogP contribution in [0.1, 0.15) is 25.7 Å². The summed E-state index contributed by atoms with van der Waals surface area (Å²) in [5.41, 5.74) is 6.45. The summed E-state index contributed by atoms with van der Waals surface area (Å²) in [6, 6.07) is 4.72. The molecule has 1 heterocycles. The highest BCUT2D eigenvalue weighted by atomic mass is 35.5. The maximum absolute atomic E-state index is 12.3. The van der Waals surface area contributed by atoms with Crippen LogP contribution in [0.4, 0.5) is 11.4 Å². The summed E-state index contributed by atoms with van der Waals surface area (Å²) in [5, 5.41) is 0.304. The number of nitrogen functional groups attached to an aromatic ring is 1. The highest BCUT2D eigenvalue weighted by molar-refractivity contribution is 7.90. The van der Waals surface area contributed by atoms with E-state index in [9.17, 15) is 8.42 Å². The van der Waals surface area contributed by atoms with E-state index in [0.29, 0.717) is 29.5 Å². The number of nitrogens with two attached hydrogens (primary N) is 1. The Morgan fingerprint density at radius 2 is 1.79 bits per heavy atom. The third-order valence-electron chi connectivity index (χ3n) is 3.14. The van der Waals surface area contributed by atoms with E-state index < -0.39 is 10.2 Å². The van der Waals surface area contributed by atoms with Crippen molar-refractivity contribution in [2.24, 2.45) is 0 Å². The molecule has 0 radical (unpaired) electrons. The lowest BCUT2D eigenvalue weighted by molar-refractivity contribution is 0.427. The van der Waals surface area contributed by atoms with Crippen molar-refractivity contribution in [1.29, 1.82) is 0 Å². The Morgan fingerprint density at radius 3 is 2.37 bits per heavy atom. The van der Waals surface area contributed by atoms with Crippen LogP contribution in [0.3, 0.4) is 0 Å². The van der Waals surface area contributed by atoms with Crippen molar-refractivity contribution in [3.8, 4) is 0 Å². The fourth-order valence-corrected chi connectivity index (χ4v) is 3.72. The van der Waals surface area contributed by atoms with Gasteiger partial charge >= 0.3 is 10.2 Å². The molecule has 3 N–H and O–H groups in total. The van der Waals surface area contributed by atoms with Gasteiger partial charge < -0.3 is 5.73 Å². The predicted molar refractivity (Wildman–Crippen MR) is 78.4 cm³/mol. The van der Waals surface area contributed by atoms with E-state index in [0.717, 1.165) is 25.7 Å². The largest absolute Gasteiger partial charge is 0.399 e. The van der Waals surface area contributed by atoms with E-state index in [1.165, 1.54) is 10.4 Å². The van der Waals surface area contributed by atoms with Crippen molar-refractivity contribution in [2.45, 2.75) is 25.7 Å². The standard InChI is InChI=1S/C12H18ClN3O2S/c13-11-9-10(14)5-6-12(11)15-19(17,18)16-7-3-1-2-4-8-16/h5-6,9,15H,1-4,7-8,14H2. The Hall–Kier alpha value is -0.980. The minimum atomic E-state index is -3.54. The predicted octanol–water partition coefficient (Wildman–Crippen LogP) is 2.45. The summed E-state index contributed by atoms with van der Waals surface area (Å²) in [6.45, 7) is 1.11. The van der Waals surface area contributed by atoms with Crippen LogP contribution >= 0.6 is 11.6 Å². The molecule has 0 bridgehead atoms. The van der Waals surface area contributed by atoms with Gasteiger partial charge in [0.15, 0.2) is 0 Å². The molecular formula is C12H18ClN3O2S. The lowest BCUT2D eigenvalue weighted by Crippen LogP contribution is -2.36. The Balaban J connectivity index is 2.15. The topological polar surface area (TPSA) is 75.4 Å². The number of hydrogen-bond acceptors (Lipinski definition) is 3. The monoisotopic (exact) mass is 303 g/mol. The Labute approximate surface area is 118 Å². The average Bonchev–Trinajstić information content (AvgIpc) is 2.62. The second-order valence-electron chi connectivity index (χ2n) is 4.66. The van der Waals surface area contributed by atoms with Gasteiger partial charge in [0.1, 0.15) is 0 Å². The highest BCUT2D eigenvalue weighted by Crippen LogP contribution is 2.26. The van der Waals surface area contributed by atoms with Crippen LogP contribution in [0.5, 0.6) is 0 Å². The van der Waals surface area contributed by atoms with E-state index >= 15 is 0 Å². The Morgan fingerprint density at radius 1 is 1.16 bits per heavy atom. The highest BCUT2D eigenvalue weighted by Gasteiger charge is 2.23. The first kappa shape index (κ1) is 14.4. The number of rotatable bonds is 3. The van der Waals surface area contributed by atoms with E-state index in [2.05, 4.69) is 4.72 Å². The number of nitrogens with one attached hydrogen (secondary N) is 1. The fourth-order valence-electron chi connectivity index (χ4n) is 2.10. The van der Waals surface area contributed by atoms with Crippen LogP contribution in [-0.2, 0) is 10.2 Å². The van der Waals surface area contributed by atoms with Crippen LogP contribution in [0.2, 0.25) is 5.02 Å². The molecule has 1 aromatic carbocycles. The van der Waals surface area contributed by atoms with Crippen molar-refractivity contribution in [3.63, 3.8) is 0 Å². The van der Waals surface area contributed by atoms with E-state index in [4.69, 9.17) is 17.3 Å². The molecule has 7 heteroatoms. The molecule has 1 aliphatic rings. The second kappa shape index (κ2) is 5.98. The van der Waals surface area contributed by atoms with Crippen LogP contribution in [0.25, 0.3) is 0 Å². The smallest absolute Gasteiger partial charge is 0.301 e. The molecular weight excluding hydrogens is 286 g/mol. The van der Waals surface area contributed by atoms with Crippen molar-refractivity contribution in [3.05, 3.63) is 23.2 Å². The Kier molecular flexibility index (Phi) is 4.54. The molecule has 0 saturated carbocycles. The van der Waals surface area contributed by atoms with Gasteiger partial charge in [-0.25, -0.2) is 0 Å². The zero-order valence-electron chi connectivity index (χ0n) is 10.6. The molecule has 1 fully saturated rings. The van der Waals surface area contributed by atoms with E-state index in [1.54, 1.807) is 12.1 Å². The summed E-state index contributed by atoms with van der Waals surface area (Å²) in [4.78, 5) is 0. The zero-order chi connectivity index (χ0) is 13.9. The van der Waals surface area contributed by atoms with E-state index in [1.807, 2.05) is 0 Å². The van der Waals surface area contributed by atoms with Gasteiger partial charge in [-0.05, 0) is 31.0 Å². The molecule has 0 unspecified atom stereocenters. The first-order valence-corrected chi connectivity index (χ1v) is 8.14. The number of halogens is 1. The Bertz CT molecular complexity index is 540. The number of hydrogen-bond donors (Lipinski definition) is 2. The average molecular weight is 304 g/mol. The summed E-state index contributed by atoms with van der Waals surface area (Å²) >= 11 is 5.98. The molecule has 106 valence electrons. The first-order valence-electron chi connectivity index (χ1n) is 6.32. The van der Waals surface area contributed by atoms with Crippen LogP contribution in [0, 0.1) is 0 Å². The molecule has 5 nitrogen and oxygen atoms in total. The maximum atomic E-state index is 12.3. The van der Waals surface area contributed by atoms with Gasteiger partial charge in [-0.3, -0.25) is 4.72 Å². The molecule has 1 aromatic rings. The van der Waals surface area contributed by atoms with Gasteiger partial charge in [0.05, 0.1) is 10.7 Å². The van der Waals surface area contributed by atoms with Crippen molar-refractivity contribution in [1.82, 2.24) is 4.31 Å². The van der Waals surface area contributed by atoms with Gasteiger partial charge in [-0.15, -0.1) is 0 Å². The summed E-state index contributed by atoms with van der Waals surface area (Å²) < 4.78 is 28.5. The fraction of sp³-hybridized carbons (Fsp3) is 0.500. The molecule has 1 aliphatic heterocycles. The normalized spacial score (nSPS) is 17.9. The minimum Gasteiger partial charge on any atom is -0.399 e. The molecule has 2 rings (SSSR count). The van der Waals surface area contributed by atoms with Crippen molar-refractivity contribution >= 4 is 33.2 Å². The van der Waals surface area contributed by atoms with Crippen molar-refractivity contribution in [2.75, 3.05) is 23.5 Å². The first-order chi connectivity index (χ1) is 8.99. The SMILES string of the molecule is Nc1ccc(NS(=O)(=O)N2CCCCCC2)c(Cl)c1. The quantitative estimate of drug-likeness (QED) is 0.842. The van der Waals surface area contributed by atoms with Gasteiger partial charge in [-0.1, -0.05) is 24.4 Å². The molecule has 1 saturated heterocycles. The minimum absolute atomic E-state index is 0.304. The lowest BCUT2D eigenvalue weighted by atomic mass is 10.2. The van der Waals surface area contributed by atoms with Crippen LogP contribution < -0.4 is 10.5 Å². The lowest BCUT2D eigenvalue weighted by Gasteiger charge is -2.21. The summed E-state index contributed by atoms with van der Waals surface area (Å²) in [6.07, 6.45) is 3.95. The zero-order valence-corrected chi connectivity index (χ0v) is 12.2. The van der Waals surface area contributed by atoms with Gasteiger partial charge in [0.2, 0.25) is 0 Å². The van der Waals surface area contributed by atoms with Crippen LogP contribution in [0.15, 0.2) is 18.2 Å². The molecule has 0 spiro atoms. The number of anilines is 2. The summed E-state index contributed by atoms with van der Waals surface area (Å²) in [5.74, 6) is 0. The molecule has 0 aromatic heterocycles. The number of benzene rings is 1. The van der Waals surface area contributed by atoms with Gasteiger partial charge in [0, 0.05) is 18.8 Å². The second-order valence-corrected chi connectivity index (χ2v) is 6.74. The van der Waals surface area contributed by atoms with Gasteiger partial charge in [-0.2, -0.15) is 12.7 Å². The number of nitrogens with zero attached hydrogens (tertiary/aromatic N) is 1. The molecule has 0 atom stereocenters. The summed E-state index contributed by atoms with van der Waals surface area (Å²) in [7, 11) is -3.54. The third-order valence-corrected chi connectivity index (χ3v) is 4.97. The third kappa shape index (κ3) is 3.75. The van der Waals surface area contributed by atoms with Gasteiger partial charge in [0.25, 0.3) is 0 Å².